The summed E-state index contributed by atoms with van der Waals surface area (Å²) in [5, 5.41) is 37.4. The first-order valence-corrected chi connectivity index (χ1v) is 19.4. The van der Waals surface area contributed by atoms with E-state index in [9.17, 15) is 58.6 Å². The molecule has 1 unspecified atom stereocenters. The smallest absolute Gasteiger partial charge is 0.305 e. The van der Waals surface area contributed by atoms with Gasteiger partial charge in [0.1, 0.15) is 30.2 Å². The lowest BCUT2D eigenvalue weighted by Crippen LogP contribution is -2.62. The van der Waals surface area contributed by atoms with E-state index in [0.29, 0.717) is 11.5 Å². The Morgan fingerprint density at radius 2 is 1.54 bits per heavy atom. The molecule has 2 rings (SSSR count). The van der Waals surface area contributed by atoms with Crippen LogP contribution in [-0.4, -0.2) is 127 Å². The molecule has 7 atom stereocenters. The van der Waals surface area contributed by atoms with Crippen molar-refractivity contribution in [1.82, 2.24) is 36.5 Å². The molecule has 1 aliphatic heterocycles. The summed E-state index contributed by atoms with van der Waals surface area (Å²) in [5.74, 6) is -4.86. The number of hydroxylamine groups is 2. The highest BCUT2D eigenvalue weighted by atomic mass is 16.5. The van der Waals surface area contributed by atoms with E-state index in [1.165, 1.54) is 11.8 Å². The normalized spacial score (nSPS) is 17.4. The highest BCUT2D eigenvalue weighted by Gasteiger charge is 2.45. The van der Waals surface area contributed by atoms with Crippen LogP contribution in [0.1, 0.15) is 92.1 Å². The minimum Gasteiger partial charge on any atom is -0.481 e. The van der Waals surface area contributed by atoms with E-state index in [4.69, 9.17) is 10.6 Å². The van der Waals surface area contributed by atoms with Gasteiger partial charge in [0, 0.05) is 32.7 Å². The number of ether oxygens (including phenoxy) is 1. The number of hydrogen-bond acceptors (Lipinski definition) is 12. The number of carboxylic acid groups (broad SMARTS) is 2. The lowest BCUT2D eigenvalue weighted by Gasteiger charge is -2.35. The second kappa shape index (κ2) is 23.7. The molecule has 0 spiro atoms. The number of amides is 7. The molecule has 1 heterocycles. The van der Waals surface area contributed by atoms with Crippen LogP contribution in [0.4, 0.5) is 0 Å². The third-order valence-corrected chi connectivity index (χ3v) is 9.65. The van der Waals surface area contributed by atoms with Crippen LogP contribution in [0, 0.1) is 11.8 Å². The van der Waals surface area contributed by atoms with Gasteiger partial charge in [0.25, 0.3) is 17.7 Å². The number of hydrogen-bond donors (Lipinski definition) is 8. The first kappa shape index (κ1) is 49.5. The molecule has 7 amide bonds. The third-order valence-electron chi connectivity index (χ3n) is 9.65. The molecule has 0 radical (unpaired) electrons. The highest BCUT2D eigenvalue weighted by molar-refractivity contribution is 5.97. The Balaban J connectivity index is 2.43. The summed E-state index contributed by atoms with van der Waals surface area (Å²) in [6, 6.07) is 1.41. The van der Waals surface area contributed by atoms with Gasteiger partial charge in [-0.15, -0.1) is 0 Å². The fourth-order valence-corrected chi connectivity index (χ4v) is 6.28. The maximum absolute atomic E-state index is 14.4. The van der Waals surface area contributed by atoms with E-state index in [-0.39, 0.29) is 37.5 Å². The van der Waals surface area contributed by atoms with Gasteiger partial charge in [0.2, 0.25) is 23.6 Å². The summed E-state index contributed by atoms with van der Waals surface area (Å²) in [7, 11) is 0. The Labute approximate surface area is 342 Å². The molecular weight excluding hydrogens is 776 g/mol. The van der Waals surface area contributed by atoms with Crippen molar-refractivity contribution >= 4 is 53.3 Å². The van der Waals surface area contributed by atoms with Crippen LogP contribution in [0.2, 0.25) is 0 Å². The number of rotatable bonds is 22. The number of likely N-dealkylation sites (tertiary alicyclic amines) is 1. The largest absolute Gasteiger partial charge is 0.481 e. The fraction of sp³-hybridized carbons (Fsp3) is 0.605. The molecule has 1 aliphatic rings. The third kappa shape index (κ3) is 15.2. The average molecular weight is 835 g/mol. The average Bonchev–Trinajstić information content (AvgIpc) is 3.61. The van der Waals surface area contributed by atoms with E-state index in [1.54, 1.807) is 27.7 Å². The van der Waals surface area contributed by atoms with Crippen LogP contribution in [0.5, 0.6) is 0 Å². The quantitative estimate of drug-likeness (QED) is 0.0325. The second-order valence-corrected chi connectivity index (χ2v) is 14.7. The van der Waals surface area contributed by atoms with E-state index in [1.807, 2.05) is 30.3 Å². The molecule has 0 bridgehead atoms. The van der Waals surface area contributed by atoms with E-state index in [0.717, 1.165) is 12.5 Å². The van der Waals surface area contributed by atoms with E-state index in [2.05, 4.69) is 21.4 Å². The molecule has 1 aromatic rings. The van der Waals surface area contributed by atoms with Crippen molar-refractivity contribution in [3.05, 3.63) is 35.9 Å². The van der Waals surface area contributed by atoms with Gasteiger partial charge in [0.05, 0.1) is 19.1 Å². The Kier molecular flexibility index (Phi) is 19.8. The van der Waals surface area contributed by atoms with Gasteiger partial charge in [-0.25, -0.2) is 16.3 Å². The maximum Gasteiger partial charge on any atom is 0.305 e. The van der Waals surface area contributed by atoms with Crippen LogP contribution in [0.25, 0.3) is 0 Å². The molecule has 1 aromatic carbocycles. The number of aliphatic carboxylic acids is 2. The molecule has 9 N–H and O–H groups in total. The topological polar surface area (TPSA) is 307 Å². The van der Waals surface area contributed by atoms with E-state index < -0.39 is 121 Å². The van der Waals surface area contributed by atoms with Gasteiger partial charge in [-0.3, -0.25) is 48.4 Å². The number of nitrogens with one attached hydrogen (secondary N) is 4. The van der Waals surface area contributed by atoms with Crippen LogP contribution >= 0.6 is 0 Å². The van der Waals surface area contributed by atoms with Gasteiger partial charge >= 0.3 is 11.9 Å². The number of carboxylic acids is 2. The predicted molar refractivity (Wildman–Crippen MR) is 207 cm³/mol. The van der Waals surface area contributed by atoms with Crippen molar-refractivity contribution in [2.24, 2.45) is 17.7 Å². The molecule has 21 nitrogen and oxygen atoms in total. The van der Waals surface area contributed by atoms with Gasteiger partial charge in [-0.2, -0.15) is 5.12 Å². The van der Waals surface area contributed by atoms with Crippen LogP contribution in [-0.2, 0) is 54.5 Å². The van der Waals surface area contributed by atoms with Gasteiger partial charge in [0.15, 0.2) is 0 Å². The highest BCUT2D eigenvalue weighted by Crippen LogP contribution is 2.25. The first-order valence-electron chi connectivity index (χ1n) is 19.4. The lowest BCUT2D eigenvalue weighted by molar-refractivity contribution is -0.187. The summed E-state index contributed by atoms with van der Waals surface area (Å²) in [6.45, 7) is 9.23. The SMILES string of the molecule is CCCC(=O)N(N)NC(=O)[C@@H]1C[C@@H](OCc2ccccc2)CN1C(=O)[C@@H](NC(=O)[C@H](C(C)CC)N(O)C(=O)[C@@H](CCC(=O)O)NC(=O)[C@H](CC(=O)O)NC(C)=O)C(C)C. The van der Waals surface area contributed by atoms with Crippen molar-refractivity contribution < 1.29 is 63.3 Å². The number of carbonyl (C=O) groups is 9. The van der Waals surface area contributed by atoms with E-state index >= 15 is 0 Å². The first-order chi connectivity index (χ1) is 27.7. The van der Waals surface area contributed by atoms with Gasteiger partial charge in [-0.1, -0.05) is 71.4 Å². The van der Waals surface area contributed by atoms with Crippen molar-refractivity contribution in [3.63, 3.8) is 0 Å². The zero-order chi connectivity index (χ0) is 44.6. The summed E-state index contributed by atoms with van der Waals surface area (Å²) in [4.78, 5) is 117. The fourth-order valence-electron chi connectivity index (χ4n) is 6.28. The van der Waals surface area contributed by atoms with Crippen LogP contribution in [0.15, 0.2) is 30.3 Å². The van der Waals surface area contributed by atoms with Gasteiger partial charge in [-0.05, 0) is 30.2 Å². The second-order valence-electron chi connectivity index (χ2n) is 14.7. The molecule has 0 saturated carbocycles. The molecule has 0 aromatic heterocycles. The van der Waals surface area contributed by atoms with Crippen LogP contribution in [0.3, 0.4) is 0 Å². The van der Waals surface area contributed by atoms with Crippen LogP contribution < -0.4 is 27.2 Å². The predicted octanol–water partition coefficient (Wildman–Crippen LogP) is -0.191. The van der Waals surface area contributed by atoms with Gasteiger partial charge < -0.3 is 35.8 Å². The number of nitrogens with two attached hydrogens (primary N) is 1. The van der Waals surface area contributed by atoms with Crippen molar-refractivity contribution in [2.75, 3.05) is 6.54 Å². The number of hydrazine groups is 2. The van der Waals surface area contributed by atoms with Crippen molar-refractivity contribution in [3.8, 4) is 0 Å². The summed E-state index contributed by atoms with van der Waals surface area (Å²) in [6.07, 6.45) is -2.15. The Morgan fingerprint density at radius 3 is 2.08 bits per heavy atom. The molecular formula is C38H58N8O13. The minimum absolute atomic E-state index is 0.00605. The lowest BCUT2D eigenvalue weighted by atomic mass is 9.95. The number of nitrogens with zero attached hydrogens (tertiary/aromatic N) is 3. The Morgan fingerprint density at radius 1 is 0.898 bits per heavy atom. The molecule has 1 fully saturated rings. The number of carbonyl (C=O) groups excluding carboxylic acids is 7. The molecule has 21 heteroatoms. The Bertz CT molecular complexity index is 1650. The molecule has 59 heavy (non-hydrogen) atoms. The minimum atomic E-state index is -1.81. The zero-order valence-electron chi connectivity index (χ0n) is 34.2. The van der Waals surface area contributed by atoms with Crippen molar-refractivity contribution in [2.45, 2.75) is 129 Å². The zero-order valence-corrected chi connectivity index (χ0v) is 34.2. The maximum atomic E-state index is 14.4. The van der Waals surface area contributed by atoms with Crippen molar-refractivity contribution in [1.29, 1.82) is 0 Å². The monoisotopic (exact) mass is 834 g/mol. The summed E-state index contributed by atoms with van der Waals surface area (Å²) < 4.78 is 6.07. The molecule has 1 saturated heterocycles. The standard InChI is InChI=1S/C38H58N8O13/c1-7-12-29(48)46(39)43-35(54)28-17-25(59-20-24-13-10-9-11-14-24)19-44(28)38(57)32(21(3)4)42-36(55)33(22(5)8-2)45(58)37(56)26(15-16-30(49)50)41-34(53)27(18-31(51)52)40-23(6)47/h9-11,13-14,21-22,25-28,32-33,58H,7-8,12,15-20,39H2,1-6H3,(H,40,47)(H,41,53)(H,42,55)(H,43,54)(H,49,50)(H,51,52)/t22?,25-,26-,27+,28+,32+,33+/m1/s1. The molecule has 328 valence electrons. The molecule has 0 aliphatic carbocycles. The number of benzene rings is 1. The Hall–Kier alpha value is -5.67. The summed E-state index contributed by atoms with van der Waals surface area (Å²) >= 11 is 0. The summed E-state index contributed by atoms with van der Waals surface area (Å²) in [5.41, 5.74) is 3.16.